The van der Waals surface area contributed by atoms with E-state index in [0.29, 0.717) is 6.04 Å². The number of imidazole rings is 1. The van der Waals surface area contributed by atoms with Crippen LogP contribution < -0.4 is 10.2 Å². The molecule has 0 aromatic carbocycles. The standard InChI is InChI=1S/C15H31N5/c1-13(2)19(5)10-8-7-9-16-11-14-12-17-15(18(3)4)20(14)6/h12-13,16H,7-11H2,1-6H3. The van der Waals surface area contributed by atoms with Crippen LogP contribution in [0, 0.1) is 0 Å². The zero-order valence-electron chi connectivity index (χ0n) is 14.0. The summed E-state index contributed by atoms with van der Waals surface area (Å²) in [4.78, 5) is 8.84. The quantitative estimate of drug-likeness (QED) is 0.699. The van der Waals surface area contributed by atoms with Crippen LogP contribution in [0.3, 0.4) is 0 Å². The van der Waals surface area contributed by atoms with Crippen molar-refractivity contribution >= 4 is 5.95 Å². The highest BCUT2D eigenvalue weighted by Gasteiger charge is 2.07. The second kappa shape index (κ2) is 8.27. The van der Waals surface area contributed by atoms with E-state index in [1.165, 1.54) is 25.1 Å². The molecule has 0 aliphatic carbocycles. The fraction of sp³-hybridized carbons (Fsp3) is 0.800. The number of nitrogens with one attached hydrogen (secondary N) is 1. The second-order valence-electron chi connectivity index (χ2n) is 5.96. The molecule has 5 nitrogen and oxygen atoms in total. The van der Waals surface area contributed by atoms with Crippen molar-refractivity contribution in [3.05, 3.63) is 11.9 Å². The average molecular weight is 281 g/mol. The summed E-state index contributed by atoms with van der Waals surface area (Å²) in [5.41, 5.74) is 1.23. The first-order valence-electron chi connectivity index (χ1n) is 7.52. The first kappa shape index (κ1) is 17.0. The zero-order valence-corrected chi connectivity index (χ0v) is 14.0. The minimum atomic E-state index is 0.641. The van der Waals surface area contributed by atoms with Crippen molar-refractivity contribution in [2.45, 2.75) is 39.3 Å². The topological polar surface area (TPSA) is 36.3 Å². The molecule has 1 rings (SSSR count). The van der Waals surface area contributed by atoms with Crippen molar-refractivity contribution in [3.63, 3.8) is 0 Å². The van der Waals surface area contributed by atoms with Crippen LogP contribution in [0.2, 0.25) is 0 Å². The van der Waals surface area contributed by atoms with Gasteiger partial charge in [0.15, 0.2) is 0 Å². The van der Waals surface area contributed by atoms with Crippen LogP contribution in [0.5, 0.6) is 0 Å². The maximum atomic E-state index is 4.42. The van der Waals surface area contributed by atoms with E-state index in [1.54, 1.807) is 0 Å². The van der Waals surface area contributed by atoms with Crippen LogP contribution in [0.4, 0.5) is 5.95 Å². The number of nitrogens with zero attached hydrogens (tertiary/aromatic N) is 4. The second-order valence-corrected chi connectivity index (χ2v) is 5.96. The summed E-state index contributed by atoms with van der Waals surface area (Å²) in [6, 6.07) is 0.641. The monoisotopic (exact) mass is 281 g/mol. The van der Waals surface area contributed by atoms with Crippen LogP contribution >= 0.6 is 0 Å². The average Bonchev–Trinajstić information content (AvgIpc) is 2.74. The Morgan fingerprint density at radius 2 is 1.95 bits per heavy atom. The summed E-state index contributed by atoms with van der Waals surface area (Å²) in [5, 5.41) is 3.50. The Bertz CT molecular complexity index is 384. The lowest BCUT2D eigenvalue weighted by molar-refractivity contribution is 0.268. The highest BCUT2D eigenvalue weighted by molar-refractivity contribution is 5.30. The van der Waals surface area contributed by atoms with Gasteiger partial charge in [0.05, 0.1) is 11.9 Å². The summed E-state index contributed by atoms with van der Waals surface area (Å²) in [6.07, 6.45) is 4.42. The van der Waals surface area contributed by atoms with E-state index in [4.69, 9.17) is 0 Å². The summed E-state index contributed by atoms with van der Waals surface area (Å²) < 4.78 is 2.14. The predicted octanol–water partition coefficient (Wildman–Crippen LogP) is 1.70. The molecule has 0 aliphatic rings. The molecule has 0 fully saturated rings. The third kappa shape index (κ3) is 5.13. The molecule has 1 aromatic heterocycles. The third-order valence-corrected chi connectivity index (χ3v) is 3.76. The molecule has 0 bridgehead atoms. The molecule has 0 saturated heterocycles. The molecular formula is C15H31N5. The molecule has 116 valence electrons. The molecule has 0 spiro atoms. The highest BCUT2D eigenvalue weighted by Crippen LogP contribution is 2.10. The lowest BCUT2D eigenvalue weighted by atomic mass is 10.2. The van der Waals surface area contributed by atoms with Crippen LogP contribution in [0.25, 0.3) is 0 Å². The molecule has 0 radical (unpaired) electrons. The Morgan fingerprint density at radius 1 is 1.25 bits per heavy atom. The van der Waals surface area contributed by atoms with E-state index in [2.05, 4.69) is 47.7 Å². The molecule has 0 saturated carbocycles. The summed E-state index contributed by atoms with van der Waals surface area (Å²) >= 11 is 0. The van der Waals surface area contributed by atoms with Gasteiger partial charge in [-0.05, 0) is 46.8 Å². The number of hydrogen-bond acceptors (Lipinski definition) is 4. The fourth-order valence-corrected chi connectivity index (χ4v) is 2.10. The molecule has 5 heteroatoms. The van der Waals surface area contributed by atoms with Gasteiger partial charge in [-0.25, -0.2) is 4.98 Å². The minimum Gasteiger partial charge on any atom is -0.348 e. The normalized spacial score (nSPS) is 11.6. The van der Waals surface area contributed by atoms with E-state index in [-0.39, 0.29) is 0 Å². The molecule has 0 atom stereocenters. The lowest BCUT2D eigenvalue weighted by Gasteiger charge is -2.20. The van der Waals surface area contributed by atoms with E-state index in [1.807, 2.05) is 25.2 Å². The number of anilines is 1. The van der Waals surface area contributed by atoms with Gasteiger partial charge in [0.2, 0.25) is 5.95 Å². The lowest BCUT2D eigenvalue weighted by Crippen LogP contribution is -2.28. The minimum absolute atomic E-state index is 0.641. The molecule has 1 heterocycles. The smallest absolute Gasteiger partial charge is 0.204 e. The molecule has 0 amide bonds. The molecule has 1 aromatic rings. The number of unbranched alkanes of at least 4 members (excludes halogenated alkanes) is 1. The first-order valence-corrected chi connectivity index (χ1v) is 7.52. The van der Waals surface area contributed by atoms with Crippen molar-refractivity contribution in [1.82, 2.24) is 19.8 Å². The highest BCUT2D eigenvalue weighted by atomic mass is 15.3. The van der Waals surface area contributed by atoms with Gasteiger partial charge in [-0.3, -0.25) is 0 Å². The Hall–Kier alpha value is -1.07. The fourth-order valence-electron chi connectivity index (χ4n) is 2.10. The molecule has 0 unspecified atom stereocenters. The Labute approximate surface area is 124 Å². The van der Waals surface area contributed by atoms with Gasteiger partial charge in [0.1, 0.15) is 0 Å². The van der Waals surface area contributed by atoms with E-state index in [0.717, 1.165) is 19.0 Å². The Balaban J connectivity index is 2.19. The van der Waals surface area contributed by atoms with Gasteiger partial charge in [0.25, 0.3) is 0 Å². The summed E-state index contributed by atoms with van der Waals surface area (Å²) in [5.74, 6) is 1.00. The van der Waals surface area contributed by atoms with Crippen molar-refractivity contribution in [2.24, 2.45) is 7.05 Å². The Kier molecular flexibility index (Phi) is 7.02. The maximum absolute atomic E-state index is 4.42. The Morgan fingerprint density at radius 3 is 2.50 bits per heavy atom. The maximum Gasteiger partial charge on any atom is 0.204 e. The molecule has 1 N–H and O–H groups in total. The van der Waals surface area contributed by atoms with Gasteiger partial charge in [-0.15, -0.1) is 0 Å². The summed E-state index contributed by atoms with van der Waals surface area (Å²) in [7, 11) is 8.29. The van der Waals surface area contributed by atoms with E-state index < -0.39 is 0 Å². The van der Waals surface area contributed by atoms with Crippen LogP contribution in [0.1, 0.15) is 32.4 Å². The van der Waals surface area contributed by atoms with Crippen LogP contribution in [0.15, 0.2) is 6.20 Å². The van der Waals surface area contributed by atoms with Crippen molar-refractivity contribution < 1.29 is 0 Å². The van der Waals surface area contributed by atoms with Gasteiger partial charge in [-0.2, -0.15) is 0 Å². The van der Waals surface area contributed by atoms with Crippen molar-refractivity contribution in [1.29, 1.82) is 0 Å². The van der Waals surface area contributed by atoms with Gasteiger partial charge < -0.3 is 19.7 Å². The molecule has 0 aliphatic heterocycles. The number of hydrogen-bond donors (Lipinski definition) is 1. The number of rotatable bonds is 9. The molecular weight excluding hydrogens is 250 g/mol. The van der Waals surface area contributed by atoms with E-state index in [9.17, 15) is 0 Å². The first-order chi connectivity index (χ1) is 9.43. The number of aromatic nitrogens is 2. The van der Waals surface area contributed by atoms with Crippen LogP contribution in [-0.2, 0) is 13.6 Å². The van der Waals surface area contributed by atoms with Crippen molar-refractivity contribution in [2.75, 3.05) is 39.1 Å². The predicted molar refractivity (Wildman–Crippen MR) is 86.2 cm³/mol. The SMILES string of the molecule is CC(C)N(C)CCCCNCc1cnc(N(C)C)n1C. The zero-order chi connectivity index (χ0) is 15.1. The van der Waals surface area contributed by atoms with Gasteiger partial charge >= 0.3 is 0 Å². The largest absolute Gasteiger partial charge is 0.348 e. The van der Waals surface area contributed by atoms with E-state index >= 15 is 0 Å². The summed E-state index contributed by atoms with van der Waals surface area (Å²) in [6.45, 7) is 7.60. The molecule has 20 heavy (non-hydrogen) atoms. The van der Waals surface area contributed by atoms with Crippen molar-refractivity contribution in [3.8, 4) is 0 Å². The van der Waals surface area contributed by atoms with Gasteiger partial charge in [0, 0.05) is 33.7 Å². The third-order valence-electron chi connectivity index (χ3n) is 3.76. The van der Waals surface area contributed by atoms with Gasteiger partial charge in [-0.1, -0.05) is 0 Å². The van der Waals surface area contributed by atoms with Crippen LogP contribution in [-0.4, -0.2) is 54.7 Å².